The van der Waals surface area contributed by atoms with Gasteiger partial charge in [0, 0.05) is 23.6 Å². The van der Waals surface area contributed by atoms with E-state index in [1.165, 1.54) is 16.2 Å². The van der Waals surface area contributed by atoms with Crippen molar-refractivity contribution in [3.63, 3.8) is 0 Å². The van der Waals surface area contributed by atoms with Crippen LogP contribution >= 0.6 is 7.92 Å². The van der Waals surface area contributed by atoms with Crippen molar-refractivity contribution in [2.24, 2.45) is 0 Å². The lowest BCUT2D eigenvalue weighted by Gasteiger charge is -2.29. The van der Waals surface area contributed by atoms with Gasteiger partial charge in [0.05, 0.1) is 0 Å². The molecule has 2 nitrogen and oxygen atoms in total. The van der Waals surface area contributed by atoms with Crippen LogP contribution in [0.1, 0.15) is 26.3 Å². The summed E-state index contributed by atoms with van der Waals surface area (Å²) in [5, 5.41) is 2.63. The Labute approximate surface area is 158 Å². The molecule has 0 radical (unpaired) electrons. The molecular formula is C23H27O2P. The summed E-state index contributed by atoms with van der Waals surface area (Å²) in [6, 6.07) is 17.3. The van der Waals surface area contributed by atoms with E-state index >= 15 is 0 Å². The van der Waals surface area contributed by atoms with E-state index in [0.29, 0.717) is 5.66 Å². The molecule has 26 heavy (non-hydrogen) atoms. The van der Waals surface area contributed by atoms with Crippen molar-refractivity contribution in [3.05, 3.63) is 78.4 Å². The van der Waals surface area contributed by atoms with Crippen LogP contribution in [-0.2, 0) is 10.2 Å². The van der Waals surface area contributed by atoms with Crippen molar-refractivity contribution in [1.29, 1.82) is 0 Å². The molecule has 1 aliphatic carbocycles. The van der Waals surface area contributed by atoms with Crippen LogP contribution in [0.25, 0.3) is 0 Å². The molecule has 0 amide bonds. The van der Waals surface area contributed by atoms with E-state index in [9.17, 15) is 0 Å². The van der Waals surface area contributed by atoms with Gasteiger partial charge in [0.2, 0.25) is 0 Å². The Kier molecular flexibility index (Phi) is 5.96. The van der Waals surface area contributed by atoms with Crippen LogP contribution in [0.3, 0.4) is 0 Å². The molecule has 0 saturated carbocycles. The molecule has 0 fully saturated rings. The lowest BCUT2D eigenvalue weighted by atomic mass is 9.86. The van der Waals surface area contributed by atoms with Gasteiger partial charge in [-0.25, -0.2) is 0 Å². The van der Waals surface area contributed by atoms with Crippen molar-refractivity contribution in [2.75, 3.05) is 13.9 Å². The summed E-state index contributed by atoms with van der Waals surface area (Å²) in [4.78, 5) is 0. The smallest absolute Gasteiger partial charge is 0.188 e. The van der Waals surface area contributed by atoms with E-state index in [0.717, 1.165) is 5.75 Å². The Morgan fingerprint density at radius 1 is 0.923 bits per heavy atom. The molecule has 3 rings (SSSR count). The van der Waals surface area contributed by atoms with Crippen molar-refractivity contribution in [1.82, 2.24) is 0 Å². The van der Waals surface area contributed by atoms with E-state index in [-0.39, 0.29) is 12.2 Å². The molecule has 1 unspecified atom stereocenters. The third-order valence-corrected chi connectivity index (χ3v) is 7.11. The first-order valence-electron chi connectivity index (χ1n) is 8.97. The number of methoxy groups -OCH3 is 1. The fourth-order valence-corrected chi connectivity index (χ4v) is 5.86. The lowest BCUT2D eigenvalue weighted by molar-refractivity contribution is 0.0506. The Bertz CT molecular complexity index is 776. The van der Waals surface area contributed by atoms with Crippen LogP contribution in [0.2, 0.25) is 0 Å². The van der Waals surface area contributed by atoms with Crippen LogP contribution < -0.4 is 15.3 Å². The standard InChI is InChI=1S/C23H27O2P/c1-23(2,3)20-15-10-16-21(22(20)25-17-24-4)26(19-13-8-9-14-19)18-11-6-5-7-12-18/h5-16,19H,17H2,1-4H3. The molecule has 0 spiro atoms. The zero-order chi connectivity index (χ0) is 18.6. The number of hydrogen-bond donors (Lipinski definition) is 0. The zero-order valence-electron chi connectivity index (χ0n) is 16.0. The largest absolute Gasteiger partial charge is 0.467 e. The second-order valence-electron chi connectivity index (χ2n) is 7.42. The third kappa shape index (κ3) is 4.09. The number of hydrogen-bond acceptors (Lipinski definition) is 2. The number of para-hydroxylation sites is 1. The number of benzene rings is 2. The van der Waals surface area contributed by atoms with Gasteiger partial charge in [-0.3, -0.25) is 0 Å². The van der Waals surface area contributed by atoms with E-state index in [1.807, 2.05) is 0 Å². The third-order valence-electron chi connectivity index (χ3n) is 4.44. The molecule has 1 atom stereocenters. The average molecular weight is 366 g/mol. The van der Waals surface area contributed by atoms with Crippen molar-refractivity contribution in [3.8, 4) is 5.75 Å². The highest BCUT2D eigenvalue weighted by molar-refractivity contribution is 7.74. The highest BCUT2D eigenvalue weighted by Gasteiger charge is 2.29. The van der Waals surface area contributed by atoms with Crippen LogP contribution in [-0.4, -0.2) is 19.6 Å². The van der Waals surface area contributed by atoms with Crippen molar-refractivity contribution < 1.29 is 9.47 Å². The van der Waals surface area contributed by atoms with E-state index in [1.54, 1.807) is 7.11 Å². The van der Waals surface area contributed by atoms with Gasteiger partial charge in [-0.2, -0.15) is 0 Å². The minimum atomic E-state index is -0.607. The zero-order valence-corrected chi connectivity index (χ0v) is 16.9. The molecule has 0 aliphatic heterocycles. The molecule has 1 aliphatic rings. The maximum Gasteiger partial charge on any atom is 0.188 e. The van der Waals surface area contributed by atoms with Gasteiger partial charge in [-0.1, -0.05) is 93.6 Å². The summed E-state index contributed by atoms with van der Waals surface area (Å²) in [5.74, 6) is 0.977. The summed E-state index contributed by atoms with van der Waals surface area (Å²) >= 11 is 0. The Balaban J connectivity index is 2.17. The van der Waals surface area contributed by atoms with Gasteiger partial charge in [0.25, 0.3) is 0 Å². The molecular weight excluding hydrogens is 339 g/mol. The molecule has 0 heterocycles. The molecule has 2 aromatic rings. The minimum absolute atomic E-state index is 0.00185. The highest BCUT2D eigenvalue weighted by atomic mass is 31.1. The average Bonchev–Trinajstić information content (AvgIpc) is 3.15. The Hall–Kier alpha value is -1.89. The van der Waals surface area contributed by atoms with Gasteiger partial charge < -0.3 is 9.47 Å². The van der Waals surface area contributed by atoms with Crippen LogP contribution in [0.5, 0.6) is 5.75 Å². The molecule has 0 N–H and O–H groups in total. The van der Waals surface area contributed by atoms with Gasteiger partial charge in [-0.15, -0.1) is 0 Å². The molecule has 136 valence electrons. The monoisotopic (exact) mass is 366 g/mol. The van der Waals surface area contributed by atoms with E-state index in [2.05, 4.69) is 93.6 Å². The lowest BCUT2D eigenvalue weighted by Crippen LogP contribution is -2.24. The first kappa shape index (κ1) is 18.9. The maximum atomic E-state index is 6.15. The van der Waals surface area contributed by atoms with Crippen LogP contribution in [0.4, 0.5) is 0 Å². The topological polar surface area (TPSA) is 18.5 Å². The first-order chi connectivity index (χ1) is 12.5. The summed E-state index contributed by atoms with van der Waals surface area (Å²) in [5.41, 5.74) is 1.60. The van der Waals surface area contributed by atoms with Gasteiger partial charge in [-0.05, 0) is 18.6 Å². The first-order valence-corrected chi connectivity index (χ1v) is 10.4. The molecule has 0 saturated heterocycles. The van der Waals surface area contributed by atoms with Gasteiger partial charge >= 0.3 is 0 Å². The Morgan fingerprint density at radius 2 is 1.62 bits per heavy atom. The van der Waals surface area contributed by atoms with Crippen LogP contribution in [0, 0.1) is 0 Å². The quantitative estimate of drug-likeness (QED) is 0.535. The minimum Gasteiger partial charge on any atom is -0.467 e. The number of allylic oxidation sites excluding steroid dienone is 4. The fourth-order valence-electron chi connectivity index (χ4n) is 3.23. The van der Waals surface area contributed by atoms with E-state index < -0.39 is 7.92 Å². The van der Waals surface area contributed by atoms with Gasteiger partial charge in [0.1, 0.15) is 5.75 Å². The molecule has 0 bridgehead atoms. The maximum absolute atomic E-state index is 6.15. The Morgan fingerprint density at radius 3 is 2.23 bits per heavy atom. The predicted octanol–water partition coefficient (Wildman–Crippen LogP) is 4.89. The predicted molar refractivity (Wildman–Crippen MR) is 112 cm³/mol. The summed E-state index contributed by atoms with van der Waals surface area (Å²) in [7, 11) is 1.06. The van der Waals surface area contributed by atoms with Crippen molar-refractivity contribution >= 4 is 18.5 Å². The summed E-state index contributed by atoms with van der Waals surface area (Å²) < 4.78 is 11.4. The van der Waals surface area contributed by atoms with Crippen LogP contribution in [0.15, 0.2) is 72.8 Å². The normalized spacial score (nSPS) is 15.4. The summed E-state index contributed by atoms with van der Waals surface area (Å²) in [6.07, 6.45) is 8.88. The van der Waals surface area contributed by atoms with Gasteiger partial charge in [0.15, 0.2) is 6.79 Å². The fraction of sp³-hybridized carbons (Fsp3) is 0.304. The SMILES string of the molecule is COCOc1c(P(c2ccccc2)C2C=CC=C2)cccc1C(C)(C)C. The number of ether oxygens (including phenoxy) is 2. The molecule has 2 aromatic carbocycles. The second kappa shape index (κ2) is 8.20. The highest BCUT2D eigenvalue weighted by Crippen LogP contribution is 2.46. The molecule has 3 heteroatoms. The molecule has 0 aromatic heterocycles. The summed E-state index contributed by atoms with van der Waals surface area (Å²) in [6.45, 7) is 6.94. The van der Waals surface area contributed by atoms with Crippen molar-refractivity contribution in [2.45, 2.75) is 31.8 Å². The van der Waals surface area contributed by atoms with E-state index in [4.69, 9.17) is 9.47 Å². The number of rotatable bonds is 6. The second-order valence-corrected chi connectivity index (χ2v) is 9.76.